The average molecular weight is 285 g/mol. The highest BCUT2D eigenvalue weighted by atomic mass is 19.4. The van der Waals surface area contributed by atoms with E-state index in [0.29, 0.717) is 5.92 Å². The normalized spacial score (nSPS) is 13.1. The van der Waals surface area contributed by atoms with Crippen LogP contribution in [0.5, 0.6) is 0 Å². The Kier molecular flexibility index (Phi) is 5.37. The number of halogens is 3. The first-order chi connectivity index (χ1) is 9.33. The van der Waals surface area contributed by atoms with Gasteiger partial charge >= 0.3 is 6.18 Å². The van der Waals surface area contributed by atoms with Gasteiger partial charge in [-0.25, -0.2) is 4.98 Å². The van der Waals surface area contributed by atoms with Crippen LogP contribution in [-0.4, -0.2) is 11.0 Å². The van der Waals surface area contributed by atoms with Gasteiger partial charge in [-0.1, -0.05) is 26.7 Å². The Morgan fingerprint density at radius 3 is 2.35 bits per heavy atom. The Bertz CT molecular complexity index is 487. The van der Waals surface area contributed by atoms with Crippen LogP contribution in [0.2, 0.25) is 0 Å². The Labute approximate surface area is 116 Å². The lowest BCUT2D eigenvalue weighted by Gasteiger charge is -2.23. The summed E-state index contributed by atoms with van der Waals surface area (Å²) in [5.41, 5.74) is -0.869. The summed E-state index contributed by atoms with van der Waals surface area (Å²) in [4.78, 5) is 3.55. The van der Waals surface area contributed by atoms with Gasteiger partial charge in [0.05, 0.1) is 5.56 Å². The number of nitriles is 1. The molecule has 0 bridgehead atoms. The van der Waals surface area contributed by atoms with Gasteiger partial charge in [0.15, 0.2) is 0 Å². The van der Waals surface area contributed by atoms with E-state index in [0.717, 1.165) is 25.0 Å². The predicted octanol–water partition coefficient (Wildman–Crippen LogP) is 4.21. The van der Waals surface area contributed by atoms with Crippen LogP contribution in [-0.2, 0) is 6.18 Å². The standard InChI is InChI=1S/C14H18F3N3/c1-4-10(5-2)9(3)19-13-11(8-18)6-7-12(20-13)14(15,16)17/h6-7,9-10H,4-5H2,1-3H3,(H,19,20). The fraction of sp³-hybridized carbons (Fsp3) is 0.571. The molecule has 1 unspecified atom stereocenters. The monoisotopic (exact) mass is 285 g/mol. The van der Waals surface area contributed by atoms with Crippen LogP contribution < -0.4 is 5.32 Å². The minimum absolute atomic E-state index is 0.00160. The highest BCUT2D eigenvalue weighted by Gasteiger charge is 2.33. The van der Waals surface area contributed by atoms with Crippen molar-refractivity contribution < 1.29 is 13.2 Å². The molecule has 0 aromatic carbocycles. The van der Waals surface area contributed by atoms with Crippen molar-refractivity contribution in [3.8, 4) is 6.07 Å². The van der Waals surface area contributed by atoms with E-state index in [1.807, 2.05) is 26.8 Å². The number of nitrogens with zero attached hydrogens (tertiary/aromatic N) is 2. The number of hydrogen-bond donors (Lipinski definition) is 1. The number of anilines is 1. The Balaban J connectivity index is 3.07. The second-order valence-corrected chi connectivity index (χ2v) is 4.71. The van der Waals surface area contributed by atoms with Crippen molar-refractivity contribution in [3.05, 3.63) is 23.4 Å². The summed E-state index contributed by atoms with van der Waals surface area (Å²) in [6.07, 6.45) is -2.69. The van der Waals surface area contributed by atoms with Gasteiger partial charge in [0.1, 0.15) is 17.6 Å². The van der Waals surface area contributed by atoms with Crippen LogP contribution >= 0.6 is 0 Å². The smallest absolute Gasteiger partial charge is 0.366 e. The first kappa shape index (κ1) is 16.3. The van der Waals surface area contributed by atoms with Crippen molar-refractivity contribution >= 4 is 5.82 Å². The van der Waals surface area contributed by atoms with Gasteiger partial charge in [0, 0.05) is 6.04 Å². The third-order valence-corrected chi connectivity index (χ3v) is 3.43. The average Bonchev–Trinajstić information content (AvgIpc) is 2.39. The summed E-state index contributed by atoms with van der Waals surface area (Å²) in [5.74, 6) is 0.319. The molecule has 1 aromatic heterocycles. The van der Waals surface area contributed by atoms with Crippen LogP contribution in [0.3, 0.4) is 0 Å². The fourth-order valence-corrected chi connectivity index (χ4v) is 2.15. The van der Waals surface area contributed by atoms with E-state index in [-0.39, 0.29) is 17.4 Å². The lowest BCUT2D eigenvalue weighted by Crippen LogP contribution is -2.26. The largest absolute Gasteiger partial charge is 0.433 e. The fourth-order valence-electron chi connectivity index (χ4n) is 2.15. The van der Waals surface area contributed by atoms with Gasteiger partial charge in [-0.15, -0.1) is 0 Å². The van der Waals surface area contributed by atoms with E-state index in [4.69, 9.17) is 5.26 Å². The summed E-state index contributed by atoms with van der Waals surface area (Å²) in [6.45, 7) is 5.94. The number of hydrogen-bond acceptors (Lipinski definition) is 3. The molecule has 0 spiro atoms. The molecule has 6 heteroatoms. The molecule has 0 radical (unpaired) electrons. The maximum Gasteiger partial charge on any atom is 0.433 e. The van der Waals surface area contributed by atoms with Crippen LogP contribution in [0.4, 0.5) is 19.0 Å². The number of nitrogens with one attached hydrogen (secondary N) is 1. The van der Waals surface area contributed by atoms with Gasteiger partial charge in [0.2, 0.25) is 0 Å². The molecule has 1 rings (SSSR count). The van der Waals surface area contributed by atoms with E-state index in [1.165, 1.54) is 0 Å². The van der Waals surface area contributed by atoms with Gasteiger partial charge in [-0.2, -0.15) is 18.4 Å². The molecule has 20 heavy (non-hydrogen) atoms. The van der Waals surface area contributed by atoms with Gasteiger partial charge in [-0.3, -0.25) is 0 Å². The first-order valence-corrected chi connectivity index (χ1v) is 6.58. The number of alkyl halides is 3. The Morgan fingerprint density at radius 1 is 1.30 bits per heavy atom. The predicted molar refractivity (Wildman–Crippen MR) is 71.1 cm³/mol. The van der Waals surface area contributed by atoms with Crippen molar-refractivity contribution in [2.45, 2.75) is 45.8 Å². The van der Waals surface area contributed by atoms with E-state index >= 15 is 0 Å². The number of rotatable bonds is 5. The Hall–Kier alpha value is -1.77. The minimum atomic E-state index is -4.51. The van der Waals surface area contributed by atoms with Crippen LogP contribution in [0.15, 0.2) is 12.1 Å². The molecule has 1 atom stereocenters. The van der Waals surface area contributed by atoms with Crippen LogP contribution in [0.1, 0.15) is 44.9 Å². The zero-order chi connectivity index (χ0) is 15.3. The van der Waals surface area contributed by atoms with E-state index in [9.17, 15) is 13.2 Å². The lowest BCUT2D eigenvalue weighted by atomic mass is 9.95. The molecule has 1 heterocycles. The summed E-state index contributed by atoms with van der Waals surface area (Å²) >= 11 is 0. The zero-order valence-electron chi connectivity index (χ0n) is 11.8. The third kappa shape index (κ3) is 3.86. The molecule has 0 saturated heterocycles. The van der Waals surface area contributed by atoms with Gasteiger partial charge in [0.25, 0.3) is 0 Å². The van der Waals surface area contributed by atoms with Crippen molar-refractivity contribution in [1.82, 2.24) is 4.98 Å². The topological polar surface area (TPSA) is 48.7 Å². The highest BCUT2D eigenvalue weighted by molar-refractivity contribution is 5.53. The summed E-state index contributed by atoms with van der Waals surface area (Å²) in [6, 6.07) is 3.79. The molecular weight excluding hydrogens is 267 g/mol. The molecule has 0 fully saturated rings. The first-order valence-electron chi connectivity index (χ1n) is 6.58. The van der Waals surface area contributed by atoms with Crippen molar-refractivity contribution in [2.24, 2.45) is 5.92 Å². The second kappa shape index (κ2) is 6.60. The van der Waals surface area contributed by atoms with Crippen molar-refractivity contribution in [2.75, 3.05) is 5.32 Å². The van der Waals surface area contributed by atoms with Crippen molar-refractivity contribution in [3.63, 3.8) is 0 Å². The van der Waals surface area contributed by atoms with Gasteiger partial charge < -0.3 is 5.32 Å². The lowest BCUT2D eigenvalue weighted by molar-refractivity contribution is -0.141. The molecule has 0 saturated carbocycles. The Morgan fingerprint density at radius 2 is 1.90 bits per heavy atom. The summed E-state index contributed by atoms with van der Waals surface area (Å²) < 4.78 is 38.0. The summed E-state index contributed by atoms with van der Waals surface area (Å²) in [5, 5.41) is 11.9. The molecule has 1 aromatic rings. The molecule has 0 aliphatic heterocycles. The number of aromatic nitrogens is 1. The molecule has 0 amide bonds. The minimum Gasteiger partial charge on any atom is -0.366 e. The van der Waals surface area contributed by atoms with E-state index < -0.39 is 11.9 Å². The maximum atomic E-state index is 12.7. The van der Waals surface area contributed by atoms with Crippen LogP contribution in [0.25, 0.3) is 0 Å². The number of pyridine rings is 1. The quantitative estimate of drug-likeness (QED) is 0.881. The van der Waals surface area contributed by atoms with Gasteiger partial charge in [-0.05, 0) is 25.0 Å². The molecule has 0 aliphatic carbocycles. The molecule has 3 nitrogen and oxygen atoms in total. The molecular formula is C14H18F3N3. The van der Waals surface area contributed by atoms with Crippen LogP contribution in [0, 0.1) is 17.2 Å². The molecule has 0 aliphatic rings. The molecule has 110 valence electrons. The summed E-state index contributed by atoms with van der Waals surface area (Å²) in [7, 11) is 0. The third-order valence-electron chi connectivity index (χ3n) is 3.43. The maximum absolute atomic E-state index is 12.7. The SMILES string of the molecule is CCC(CC)C(C)Nc1nc(C(F)(F)F)ccc1C#N. The molecule has 1 N–H and O–H groups in total. The highest BCUT2D eigenvalue weighted by Crippen LogP contribution is 2.30. The van der Waals surface area contributed by atoms with E-state index in [2.05, 4.69) is 10.3 Å². The van der Waals surface area contributed by atoms with Crippen molar-refractivity contribution in [1.29, 1.82) is 5.26 Å². The van der Waals surface area contributed by atoms with E-state index in [1.54, 1.807) is 0 Å². The zero-order valence-corrected chi connectivity index (χ0v) is 11.8. The second-order valence-electron chi connectivity index (χ2n) is 4.71.